The number of pyridine rings is 1. The SMILES string of the molecule is Cc1nc(-c2ccc([C@@H]3CCCN(S(=O)(=O)N(C)C)C3)nc2)sc1C. The van der Waals surface area contributed by atoms with Crippen molar-refractivity contribution in [3.63, 3.8) is 0 Å². The van der Waals surface area contributed by atoms with Gasteiger partial charge in [0.15, 0.2) is 0 Å². The zero-order chi connectivity index (χ0) is 18.2. The summed E-state index contributed by atoms with van der Waals surface area (Å²) in [6, 6.07) is 4.05. The van der Waals surface area contributed by atoms with Crippen molar-refractivity contribution in [2.75, 3.05) is 27.2 Å². The highest BCUT2D eigenvalue weighted by Crippen LogP contribution is 2.30. The number of nitrogens with zero attached hydrogens (tertiary/aromatic N) is 4. The molecule has 25 heavy (non-hydrogen) atoms. The number of thiazole rings is 1. The number of aromatic nitrogens is 2. The van der Waals surface area contributed by atoms with Gasteiger partial charge in [0.25, 0.3) is 10.2 Å². The Hall–Kier alpha value is -1.35. The molecule has 6 nitrogen and oxygen atoms in total. The maximum absolute atomic E-state index is 12.4. The van der Waals surface area contributed by atoms with Gasteiger partial charge >= 0.3 is 0 Å². The molecule has 1 fully saturated rings. The van der Waals surface area contributed by atoms with E-state index in [-0.39, 0.29) is 5.92 Å². The standard InChI is InChI=1S/C17H24N4O2S2/c1-12-13(2)24-17(19-12)14-7-8-16(18-10-14)15-6-5-9-21(11-15)25(22,23)20(3)4/h7-8,10,15H,5-6,9,11H2,1-4H3/t15-/m1/s1. The highest BCUT2D eigenvalue weighted by atomic mass is 32.2. The first-order chi connectivity index (χ1) is 11.8. The quantitative estimate of drug-likeness (QED) is 0.818. The van der Waals surface area contributed by atoms with Crippen molar-refractivity contribution in [1.29, 1.82) is 0 Å². The zero-order valence-electron chi connectivity index (χ0n) is 15.1. The first kappa shape index (κ1) is 18.4. The predicted molar refractivity (Wildman–Crippen MR) is 101 cm³/mol. The van der Waals surface area contributed by atoms with E-state index in [4.69, 9.17) is 0 Å². The molecule has 0 radical (unpaired) electrons. The summed E-state index contributed by atoms with van der Waals surface area (Å²) in [4.78, 5) is 10.4. The molecule has 1 saturated heterocycles. The minimum absolute atomic E-state index is 0.136. The van der Waals surface area contributed by atoms with E-state index in [0.717, 1.165) is 34.8 Å². The van der Waals surface area contributed by atoms with Gasteiger partial charge < -0.3 is 0 Å². The Morgan fingerprint density at radius 1 is 1.28 bits per heavy atom. The Labute approximate surface area is 153 Å². The van der Waals surface area contributed by atoms with E-state index in [9.17, 15) is 8.42 Å². The third-order valence-corrected chi connectivity index (χ3v) is 7.68. The summed E-state index contributed by atoms with van der Waals surface area (Å²) in [5.41, 5.74) is 3.02. The zero-order valence-corrected chi connectivity index (χ0v) is 16.7. The highest BCUT2D eigenvalue weighted by molar-refractivity contribution is 7.86. The van der Waals surface area contributed by atoms with Crippen molar-refractivity contribution in [1.82, 2.24) is 18.6 Å². The Bertz CT molecular complexity index is 825. The maximum atomic E-state index is 12.4. The van der Waals surface area contributed by atoms with E-state index in [1.807, 2.05) is 25.3 Å². The minimum atomic E-state index is -3.36. The Balaban J connectivity index is 1.78. The van der Waals surface area contributed by atoms with Crippen LogP contribution >= 0.6 is 11.3 Å². The minimum Gasteiger partial charge on any atom is -0.260 e. The van der Waals surface area contributed by atoms with Gasteiger partial charge in [-0.25, -0.2) is 4.98 Å². The molecule has 1 aliphatic heterocycles. The lowest BCUT2D eigenvalue weighted by atomic mass is 9.95. The first-order valence-electron chi connectivity index (χ1n) is 8.37. The van der Waals surface area contributed by atoms with Gasteiger partial charge in [0.05, 0.1) is 5.69 Å². The van der Waals surface area contributed by atoms with E-state index in [0.29, 0.717) is 13.1 Å². The lowest BCUT2D eigenvalue weighted by Gasteiger charge is -2.33. The molecular formula is C17H24N4O2S2. The molecule has 8 heteroatoms. The van der Waals surface area contributed by atoms with Gasteiger partial charge in [-0.05, 0) is 38.8 Å². The lowest BCUT2D eigenvalue weighted by molar-refractivity contribution is 0.296. The van der Waals surface area contributed by atoms with Gasteiger partial charge in [-0.15, -0.1) is 11.3 Å². The molecule has 0 saturated carbocycles. The molecule has 0 amide bonds. The number of piperidine rings is 1. The summed E-state index contributed by atoms with van der Waals surface area (Å²) in [5, 5.41) is 0.981. The fraction of sp³-hybridized carbons (Fsp3) is 0.529. The van der Waals surface area contributed by atoms with Crippen LogP contribution in [0.25, 0.3) is 10.6 Å². The van der Waals surface area contributed by atoms with Crippen LogP contribution in [0.4, 0.5) is 0 Å². The second-order valence-corrected chi connectivity index (χ2v) is 9.97. The molecule has 2 aromatic heterocycles. The van der Waals surface area contributed by atoms with E-state index in [1.165, 1.54) is 9.18 Å². The van der Waals surface area contributed by atoms with Crippen LogP contribution in [0, 0.1) is 13.8 Å². The molecule has 0 aliphatic carbocycles. The molecule has 0 N–H and O–H groups in total. The van der Waals surface area contributed by atoms with Gasteiger partial charge in [-0.2, -0.15) is 17.0 Å². The molecule has 2 aromatic rings. The van der Waals surface area contributed by atoms with Crippen LogP contribution in [0.1, 0.15) is 35.0 Å². The Kier molecular flexibility index (Phi) is 5.24. The number of rotatable bonds is 4. The lowest BCUT2D eigenvalue weighted by Crippen LogP contribution is -2.45. The predicted octanol–water partition coefficient (Wildman–Crippen LogP) is 2.81. The topological polar surface area (TPSA) is 66.4 Å². The average molecular weight is 381 g/mol. The van der Waals surface area contributed by atoms with Crippen LogP contribution in [0.15, 0.2) is 18.3 Å². The molecule has 136 valence electrons. The van der Waals surface area contributed by atoms with Crippen LogP contribution in [-0.2, 0) is 10.2 Å². The van der Waals surface area contributed by atoms with Gasteiger partial charge in [0.2, 0.25) is 0 Å². The van der Waals surface area contributed by atoms with Crippen LogP contribution in [0.5, 0.6) is 0 Å². The molecule has 1 atom stereocenters. The van der Waals surface area contributed by atoms with Gasteiger partial charge in [-0.3, -0.25) is 4.98 Å². The van der Waals surface area contributed by atoms with Crippen molar-refractivity contribution in [3.8, 4) is 10.6 Å². The van der Waals surface area contributed by atoms with Crippen molar-refractivity contribution < 1.29 is 8.42 Å². The number of hydrogen-bond donors (Lipinski definition) is 0. The molecular weight excluding hydrogens is 356 g/mol. The van der Waals surface area contributed by atoms with Crippen molar-refractivity contribution in [2.45, 2.75) is 32.6 Å². The van der Waals surface area contributed by atoms with Gasteiger partial charge in [-0.1, -0.05) is 0 Å². The van der Waals surface area contributed by atoms with Crippen LogP contribution in [0.3, 0.4) is 0 Å². The Morgan fingerprint density at radius 3 is 2.60 bits per heavy atom. The third-order valence-electron chi connectivity index (χ3n) is 4.65. The molecule has 3 rings (SSSR count). The second kappa shape index (κ2) is 7.11. The van der Waals surface area contributed by atoms with Crippen LogP contribution in [-0.4, -0.2) is 54.2 Å². The monoisotopic (exact) mass is 380 g/mol. The third kappa shape index (κ3) is 3.76. The summed E-state index contributed by atoms with van der Waals surface area (Å²) in [6.45, 7) is 5.15. The number of hydrogen-bond acceptors (Lipinski definition) is 5. The molecule has 0 unspecified atom stereocenters. The van der Waals surface area contributed by atoms with Crippen molar-refractivity contribution >= 4 is 21.5 Å². The largest absolute Gasteiger partial charge is 0.281 e. The van der Waals surface area contributed by atoms with E-state index in [1.54, 1.807) is 29.7 Å². The summed E-state index contributed by atoms with van der Waals surface area (Å²) in [6.07, 6.45) is 3.67. The fourth-order valence-electron chi connectivity index (χ4n) is 2.99. The average Bonchev–Trinajstić information content (AvgIpc) is 2.94. The molecule has 1 aliphatic rings. The van der Waals surface area contributed by atoms with Gasteiger partial charge in [0, 0.05) is 55.4 Å². The molecule has 0 bridgehead atoms. The maximum Gasteiger partial charge on any atom is 0.281 e. The normalized spacial score (nSPS) is 19.5. The summed E-state index contributed by atoms with van der Waals surface area (Å²) in [7, 11) is -0.217. The van der Waals surface area contributed by atoms with E-state index >= 15 is 0 Å². The number of aryl methyl sites for hydroxylation is 2. The summed E-state index contributed by atoms with van der Waals surface area (Å²) in [5.74, 6) is 0.136. The first-order valence-corrected chi connectivity index (χ1v) is 10.6. The Morgan fingerprint density at radius 2 is 2.04 bits per heavy atom. The van der Waals surface area contributed by atoms with Crippen LogP contribution in [0.2, 0.25) is 0 Å². The van der Waals surface area contributed by atoms with Gasteiger partial charge in [0.1, 0.15) is 5.01 Å². The molecule has 3 heterocycles. The second-order valence-electron chi connectivity index (χ2n) is 6.62. The molecule has 0 aromatic carbocycles. The summed E-state index contributed by atoms with van der Waals surface area (Å²) < 4.78 is 27.6. The fourth-order valence-corrected chi connectivity index (χ4v) is 5.09. The van der Waals surface area contributed by atoms with Crippen molar-refractivity contribution in [2.24, 2.45) is 0 Å². The molecule has 0 spiro atoms. The summed E-state index contributed by atoms with van der Waals surface area (Å²) >= 11 is 1.67. The van der Waals surface area contributed by atoms with Crippen molar-refractivity contribution in [3.05, 3.63) is 34.6 Å². The highest BCUT2D eigenvalue weighted by Gasteiger charge is 2.31. The smallest absolute Gasteiger partial charge is 0.260 e. The van der Waals surface area contributed by atoms with E-state index < -0.39 is 10.2 Å². The van der Waals surface area contributed by atoms with Crippen LogP contribution < -0.4 is 0 Å². The van der Waals surface area contributed by atoms with E-state index in [2.05, 4.69) is 16.9 Å².